The van der Waals surface area contributed by atoms with E-state index >= 15 is 0 Å². The van der Waals surface area contributed by atoms with Crippen molar-refractivity contribution < 1.29 is 5.11 Å². The van der Waals surface area contributed by atoms with Crippen LogP contribution < -0.4 is 0 Å². The van der Waals surface area contributed by atoms with Gasteiger partial charge in [-0.25, -0.2) is 0 Å². The fraction of sp³-hybridized carbons (Fsp3) is 1.00. The van der Waals surface area contributed by atoms with Crippen LogP contribution in [0.3, 0.4) is 0 Å². The fourth-order valence-corrected chi connectivity index (χ4v) is 3.70. The van der Waals surface area contributed by atoms with Crippen molar-refractivity contribution in [3.63, 3.8) is 0 Å². The first-order valence-electron chi connectivity index (χ1n) is 7.44. The highest BCUT2D eigenvalue weighted by Gasteiger charge is 2.38. The van der Waals surface area contributed by atoms with E-state index in [2.05, 4.69) is 34.6 Å². The predicted molar refractivity (Wildman–Crippen MR) is 74.9 cm³/mol. The maximum absolute atomic E-state index is 9.67. The summed E-state index contributed by atoms with van der Waals surface area (Å²) >= 11 is 0. The minimum absolute atomic E-state index is 0.145. The monoisotopic (exact) mass is 240 g/mol. The number of aliphatic hydroxyl groups excluding tert-OH is 1. The zero-order valence-corrected chi connectivity index (χ0v) is 12.7. The van der Waals surface area contributed by atoms with E-state index in [0.29, 0.717) is 11.3 Å². The molecule has 1 N–H and O–H groups in total. The quantitative estimate of drug-likeness (QED) is 0.721. The molecule has 0 saturated heterocycles. The van der Waals surface area contributed by atoms with E-state index in [4.69, 9.17) is 0 Å². The highest BCUT2D eigenvalue weighted by Crippen LogP contribution is 2.47. The Balaban J connectivity index is 2.78. The average Bonchev–Trinajstić information content (AvgIpc) is 2.30. The van der Waals surface area contributed by atoms with E-state index < -0.39 is 0 Å². The molecular weight excluding hydrogens is 208 g/mol. The summed E-state index contributed by atoms with van der Waals surface area (Å²) < 4.78 is 0. The third-order valence-corrected chi connectivity index (χ3v) is 5.43. The third kappa shape index (κ3) is 3.71. The summed E-state index contributed by atoms with van der Waals surface area (Å²) in [5.41, 5.74) is 0.501. The first-order valence-corrected chi connectivity index (χ1v) is 7.44. The van der Waals surface area contributed by atoms with Crippen molar-refractivity contribution in [3.05, 3.63) is 0 Å². The Morgan fingerprint density at radius 1 is 1.18 bits per heavy atom. The smallest absolute Gasteiger partial charge is 0.0515 e. The van der Waals surface area contributed by atoms with Crippen molar-refractivity contribution in [1.82, 2.24) is 0 Å². The molecule has 0 aliphatic heterocycles. The Bertz CT molecular complexity index is 234. The van der Waals surface area contributed by atoms with Gasteiger partial charge in [0.2, 0.25) is 0 Å². The molecule has 1 heteroatoms. The molecule has 0 bridgehead atoms. The van der Waals surface area contributed by atoms with Gasteiger partial charge in [0.1, 0.15) is 0 Å². The van der Waals surface area contributed by atoms with Gasteiger partial charge in [0.15, 0.2) is 0 Å². The predicted octanol–water partition coefficient (Wildman–Crippen LogP) is 4.49. The number of hydrogen-bond acceptors (Lipinski definition) is 1. The molecule has 1 saturated carbocycles. The molecule has 102 valence electrons. The Morgan fingerprint density at radius 3 is 2.24 bits per heavy atom. The highest BCUT2D eigenvalue weighted by atomic mass is 16.3. The van der Waals surface area contributed by atoms with Crippen LogP contribution in [-0.4, -0.2) is 11.2 Å². The molecular formula is C16H32O. The molecule has 0 aromatic heterocycles. The Kier molecular flexibility index (Phi) is 5.07. The molecule has 5 atom stereocenters. The molecule has 17 heavy (non-hydrogen) atoms. The molecule has 1 nitrogen and oxygen atoms in total. The highest BCUT2D eigenvalue weighted by molar-refractivity contribution is 4.88. The van der Waals surface area contributed by atoms with Gasteiger partial charge >= 0.3 is 0 Å². The average molecular weight is 240 g/mol. The summed E-state index contributed by atoms with van der Waals surface area (Å²) in [5, 5.41) is 9.67. The fourth-order valence-electron chi connectivity index (χ4n) is 3.70. The molecule has 5 unspecified atom stereocenters. The summed E-state index contributed by atoms with van der Waals surface area (Å²) in [6, 6.07) is 0. The molecule has 0 aromatic rings. The van der Waals surface area contributed by atoms with Crippen LogP contribution in [0.25, 0.3) is 0 Å². The third-order valence-electron chi connectivity index (χ3n) is 5.43. The van der Waals surface area contributed by atoms with E-state index in [1.54, 1.807) is 0 Å². The number of hydrogen-bond donors (Lipinski definition) is 1. The number of aliphatic hydroxyl groups is 1. The second-order valence-electron chi connectivity index (χ2n) is 7.25. The topological polar surface area (TPSA) is 20.2 Å². The first kappa shape index (κ1) is 15.0. The minimum Gasteiger partial charge on any atom is -0.393 e. The van der Waals surface area contributed by atoms with Gasteiger partial charge in [-0.2, -0.15) is 0 Å². The Hall–Kier alpha value is -0.0400. The largest absolute Gasteiger partial charge is 0.393 e. The maximum Gasteiger partial charge on any atom is 0.0515 e. The van der Waals surface area contributed by atoms with Gasteiger partial charge in [0, 0.05) is 0 Å². The molecule has 0 spiro atoms. The van der Waals surface area contributed by atoms with Gasteiger partial charge < -0.3 is 5.11 Å². The van der Waals surface area contributed by atoms with Crippen LogP contribution in [0.1, 0.15) is 67.2 Å². The van der Waals surface area contributed by atoms with Crippen LogP contribution in [0, 0.1) is 29.1 Å². The molecule has 0 aromatic carbocycles. The number of rotatable bonds is 3. The minimum atomic E-state index is -0.145. The molecule has 1 aliphatic carbocycles. The van der Waals surface area contributed by atoms with Crippen molar-refractivity contribution in [1.29, 1.82) is 0 Å². The molecule has 1 rings (SSSR count). The van der Waals surface area contributed by atoms with Crippen molar-refractivity contribution in [2.24, 2.45) is 29.1 Å². The van der Waals surface area contributed by atoms with Gasteiger partial charge in [-0.15, -0.1) is 0 Å². The van der Waals surface area contributed by atoms with Crippen LogP contribution in [0.2, 0.25) is 0 Å². The summed E-state index contributed by atoms with van der Waals surface area (Å²) in [6.07, 6.45) is 4.85. The van der Waals surface area contributed by atoms with Gasteiger partial charge in [0.25, 0.3) is 0 Å². The molecule has 1 fully saturated rings. The Morgan fingerprint density at radius 2 is 1.76 bits per heavy atom. The van der Waals surface area contributed by atoms with E-state index in [9.17, 15) is 5.11 Å². The van der Waals surface area contributed by atoms with Gasteiger partial charge in [-0.1, -0.05) is 34.6 Å². The van der Waals surface area contributed by atoms with Gasteiger partial charge in [-0.05, 0) is 61.7 Å². The Labute approximate surface area is 108 Å². The van der Waals surface area contributed by atoms with E-state index in [-0.39, 0.29) is 6.10 Å². The zero-order chi connectivity index (χ0) is 13.2. The summed E-state index contributed by atoms with van der Waals surface area (Å²) in [7, 11) is 0. The van der Waals surface area contributed by atoms with Crippen molar-refractivity contribution in [2.45, 2.75) is 73.3 Å². The van der Waals surface area contributed by atoms with Crippen LogP contribution in [0.15, 0.2) is 0 Å². The molecule has 0 radical (unpaired) electrons. The van der Waals surface area contributed by atoms with E-state index in [1.165, 1.54) is 19.3 Å². The summed E-state index contributed by atoms with van der Waals surface area (Å²) in [4.78, 5) is 0. The van der Waals surface area contributed by atoms with Crippen LogP contribution >= 0.6 is 0 Å². The lowest BCUT2D eigenvalue weighted by Gasteiger charge is -2.35. The van der Waals surface area contributed by atoms with Crippen molar-refractivity contribution in [3.8, 4) is 0 Å². The molecule has 1 aliphatic rings. The van der Waals surface area contributed by atoms with Gasteiger partial charge in [-0.3, -0.25) is 0 Å². The normalized spacial score (nSPS) is 41.3. The lowest BCUT2D eigenvalue weighted by Crippen LogP contribution is -2.27. The van der Waals surface area contributed by atoms with Crippen molar-refractivity contribution >= 4 is 0 Å². The van der Waals surface area contributed by atoms with Crippen molar-refractivity contribution in [2.75, 3.05) is 0 Å². The molecule has 0 heterocycles. The van der Waals surface area contributed by atoms with Gasteiger partial charge in [0.05, 0.1) is 6.10 Å². The first-order chi connectivity index (χ1) is 7.76. The zero-order valence-electron chi connectivity index (χ0n) is 12.7. The summed E-state index contributed by atoms with van der Waals surface area (Å²) in [6.45, 7) is 13.9. The molecule has 0 amide bonds. The van der Waals surface area contributed by atoms with Crippen LogP contribution in [0.4, 0.5) is 0 Å². The van der Waals surface area contributed by atoms with E-state index in [1.807, 2.05) is 6.92 Å². The summed E-state index contributed by atoms with van der Waals surface area (Å²) in [5.74, 6) is 2.98. The second-order valence-corrected chi connectivity index (χ2v) is 7.25. The lowest BCUT2D eigenvalue weighted by molar-refractivity contribution is 0.106. The van der Waals surface area contributed by atoms with E-state index in [0.717, 1.165) is 24.2 Å². The SMILES string of the molecule is CC(O)CC1C(C)CCC(C)(C(C)C)CC1C. The second kappa shape index (κ2) is 5.73. The lowest BCUT2D eigenvalue weighted by atomic mass is 9.70. The maximum atomic E-state index is 9.67. The van der Waals surface area contributed by atoms with Crippen LogP contribution in [0.5, 0.6) is 0 Å². The van der Waals surface area contributed by atoms with Crippen LogP contribution in [-0.2, 0) is 0 Å². The standard InChI is InChI=1S/C16H32O/c1-11(2)16(6)8-7-12(3)15(9-14(5)17)13(4)10-16/h11-15,17H,7-10H2,1-6H3.